The van der Waals surface area contributed by atoms with Gasteiger partial charge in [0.1, 0.15) is 11.9 Å². The lowest BCUT2D eigenvalue weighted by Gasteiger charge is -2.03. The van der Waals surface area contributed by atoms with Crippen LogP contribution in [-0.4, -0.2) is 17.9 Å². The molecule has 0 atom stereocenters. The minimum atomic E-state index is -0.828. The number of carbonyl (C=O) groups is 2. The molecule has 0 fully saturated rings. The normalized spacial score (nSPS) is 9.40. The lowest BCUT2D eigenvalue weighted by atomic mass is 10.00. The number of ketones is 1. The molecule has 0 unspecified atom stereocenters. The summed E-state index contributed by atoms with van der Waals surface area (Å²) in [5.41, 5.74) is -0.706. The molecule has 0 aliphatic carbocycles. The van der Waals surface area contributed by atoms with Crippen LogP contribution in [0, 0.1) is 17.1 Å². The first-order chi connectivity index (χ1) is 7.15. The fourth-order valence-electron chi connectivity index (χ4n) is 1.14. The predicted octanol–water partition coefficient (Wildman–Crippen LogP) is 1.93. The van der Waals surface area contributed by atoms with E-state index in [0.717, 1.165) is 12.1 Å². The second-order valence-electron chi connectivity index (χ2n) is 2.67. The first kappa shape index (κ1) is 11.3. The van der Waals surface area contributed by atoms with Crippen LogP contribution in [0.3, 0.4) is 0 Å². The Bertz CT molecular complexity index is 465. The third-order valence-corrected chi connectivity index (χ3v) is 2.09. The Kier molecular flexibility index (Phi) is 3.53. The molecule has 76 valence electrons. The largest absolute Gasteiger partial charge is 0.298 e. The van der Waals surface area contributed by atoms with Gasteiger partial charge in [-0.15, -0.1) is 11.6 Å². The summed E-state index contributed by atoms with van der Waals surface area (Å²) in [6.07, 6.45) is 0.279. The number of hydrogen-bond acceptors (Lipinski definition) is 3. The van der Waals surface area contributed by atoms with Crippen molar-refractivity contribution in [1.82, 2.24) is 0 Å². The SMILES string of the molecule is N#Cc1c(F)ccc(C(=O)CCl)c1C=O. The van der Waals surface area contributed by atoms with E-state index in [4.69, 9.17) is 16.9 Å². The molecule has 0 aromatic heterocycles. The van der Waals surface area contributed by atoms with Crippen LogP contribution in [0.15, 0.2) is 12.1 Å². The van der Waals surface area contributed by atoms with Crippen LogP contribution >= 0.6 is 11.6 Å². The molecule has 0 spiro atoms. The number of Topliss-reactive ketones (excluding diaryl/α,β-unsaturated/α-hetero) is 1. The number of nitrogens with zero attached hydrogens (tertiary/aromatic N) is 1. The Morgan fingerprint density at radius 3 is 2.73 bits per heavy atom. The molecule has 0 bridgehead atoms. The fraction of sp³-hybridized carbons (Fsp3) is 0.100. The Labute approximate surface area is 90.1 Å². The summed E-state index contributed by atoms with van der Waals surface area (Å²) in [6, 6.07) is 3.64. The van der Waals surface area contributed by atoms with E-state index in [1.165, 1.54) is 6.07 Å². The number of hydrogen-bond donors (Lipinski definition) is 0. The number of carbonyl (C=O) groups excluding carboxylic acids is 2. The van der Waals surface area contributed by atoms with Gasteiger partial charge >= 0.3 is 0 Å². The maximum absolute atomic E-state index is 13.1. The molecule has 0 radical (unpaired) electrons. The third kappa shape index (κ3) is 2.03. The van der Waals surface area contributed by atoms with Gasteiger partial charge in [-0.2, -0.15) is 5.26 Å². The highest BCUT2D eigenvalue weighted by Gasteiger charge is 2.16. The quantitative estimate of drug-likeness (QED) is 0.449. The van der Waals surface area contributed by atoms with E-state index in [-0.39, 0.29) is 23.3 Å². The van der Waals surface area contributed by atoms with Gasteiger partial charge in [-0.05, 0) is 12.1 Å². The maximum Gasteiger partial charge on any atom is 0.178 e. The van der Waals surface area contributed by atoms with E-state index in [9.17, 15) is 14.0 Å². The van der Waals surface area contributed by atoms with E-state index in [0.29, 0.717) is 0 Å². The van der Waals surface area contributed by atoms with E-state index >= 15 is 0 Å². The van der Waals surface area contributed by atoms with Crippen molar-refractivity contribution in [2.24, 2.45) is 0 Å². The molecule has 0 aliphatic rings. The monoisotopic (exact) mass is 225 g/mol. The average Bonchev–Trinajstić information content (AvgIpc) is 2.27. The van der Waals surface area contributed by atoms with Gasteiger partial charge in [0.05, 0.1) is 11.4 Å². The van der Waals surface area contributed by atoms with Gasteiger partial charge in [0.25, 0.3) is 0 Å². The molecule has 0 saturated carbocycles. The van der Waals surface area contributed by atoms with E-state index < -0.39 is 17.2 Å². The third-order valence-electron chi connectivity index (χ3n) is 1.85. The smallest absolute Gasteiger partial charge is 0.178 e. The van der Waals surface area contributed by atoms with E-state index in [1.807, 2.05) is 0 Å². The van der Waals surface area contributed by atoms with Gasteiger partial charge < -0.3 is 0 Å². The maximum atomic E-state index is 13.1. The number of halogens is 2. The fourth-order valence-corrected chi connectivity index (χ4v) is 1.29. The molecule has 1 aromatic rings. The topological polar surface area (TPSA) is 57.9 Å². The van der Waals surface area contributed by atoms with Crippen molar-refractivity contribution < 1.29 is 14.0 Å². The lowest BCUT2D eigenvalue weighted by molar-refractivity contribution is 0.101. The standard InChI is InChI=1S/C10H5ClFNO2/c11-3-10(15)6-1-2-9(12)7(4-13)8(6)5-14/h1-2,5H,3H2. The van der Waals surface area contributed by atoms with Crippen molar-refractivity contribution in [2.45, 2.75) is 0 Å². The highest BCUT2D eigenvalue weighted by Crippen LogP contribution is 2.17. The van der Waals surface area contributed by atoms with E-state index in [2.05, 4.69) is 0 Å². The second-order valence-corrected chi connectivity index (χ2v) is 2.94. The zero-order valence-corrected chi connectivity index (χ0v) is 8.21. The molecule has 0 aliphatic heterocycles. The molecule has 0 N–H and O–H groups in total. The minimum absolute atomic E-state index is 0.0297. The molecule has 3 nitrogen and oxygen atoms in total. The number of nitriles is 1. The highest BCUT2D eigenvalue weighted by molar-refractivity contribution is 6.31. The second kappa shape index (κ2) is 4.67. The Hall–Kier alpha value is -1.73. The van der Waals surface area contributed by atoms with E-state index in [1.54, 1.807) is 0 Å². The van der Waals surface area contributed by atoms with Crippen molar-refractivity contribution in [2.75, 3.05) is 5.88 Å². The molecule has 0 saturated heterocycles. The summed E-state index contributed by atoms with van der Waals surface area (Å²) in [6.45, 7) is 0. The highest BCUT2D eigenvalue weighted by atomic mass is 35.5. The number of benzene rings is 1. The molecule has 1 aromatic carbocycles. The first-order valence-electron chi connectivity index (χ1n) is 3.92. The Morgan fingerprint density at radius 1 is 1.60 bits per heavy atom. The summed E-state index contributed by atoms with van der Waals surface area (Å²) in [7, 11) is 0. The Morgan fingerprint density at radius 2 is 2.27 bits per heavy atom. The zero-order valence-electron chi connectivity index (χ0n) is 7.46. The molecular formula is C10H5ClFNO2. The van der Waals surface area contributed by atoms with Crippen molar-refractivity contribution in [3.63, 3.8) is 0 Å². The van der Waals surface area contributed by atoms with Crippen LogP contribution in [0.25, 0.3) is 0 Å². The van der Waals surface area contributed by atoms with Crippen LogP contribution in [0.2, 0.25) is 0 Å². The van der Waals surface area contributed by atoms with Crippen LogP contribution in [0.4, 0.5) is 4.39 Å². The average molecular weight is 226 g/mol. The van der Waals surface area contributed by atoms with Gasteiger partial charge in [0, 0.05) is 11.1 Å². The van der Waals surface area contributed by atoms with Crippen molar-refractivity contribution in [3.05, 3.63) is 34.6 Å². The number of rotatable bonds is 3. The molecule has 1 rings (SSSR count). The van der Waals surface area contributed by atoms with Crippen molar-refractivity contribution >= 4 is 23.7 Å². The van der Waals surface area contributed by atoms with Crippen LogP contribution in [-0.2, 0) is 0 Å². The zero-order chi connectivity index (χ0) is 11.4. The number of alkyl halides is 1. The van der Waals surface area contributed by atoms with Crippen LogP contribution < -0.4 is 0 Å². The summed E-state index contributed by atoms with van der Waals surface area (Å²) < 4.78 is 13.1. The summed E-state index contributed by atoms with van der Waals surface area (Å²) in [4.78, 5) is 21.9. The van der Waals surface area contributed by atoms with Crippen molar-refractivity contribution in [1.29, 1.82) is 5.26 Å². The predicted molar refractivity (Wildman–Crippen MR) is 51.6 cm³/mol. The van der Waals surface area contributed by atoms with Gasteiger partial charge in [-0.3, -0.25) is 9.59 Å². The molecular weight excluding hydrogens is 221 g/mol. The van der Waals surface area contributed by atoms with Gasteiger partial charge in [0.15, 0.2) is 12.1 Å². The first-order valence-corrected chi connectivity index (χ1v) is 4.46. The molecule has 0 heterocycles. The van der Waals surface area contributed by atoms with Crippen molar-refractivity contribution in [3.8, 4) is 6.07 Å². The number of aldehydes is 1. The lowest BCUT2D eigenvalue weighted by Crippen LogP contribution is -2.07. The molecule has 15 heavy (non-hydrogen) atoms. The van der Waals surface area contributed by atoms with Gasteiger partial charge in [-0.1, -0.05) is 0 Å². The van der Waals surface area contributed by atoms with Gasteiger partial charge in [-0.25, -0.2) is 4.39 Å². The molecule has 0 amide bonds. The summed E-state index contributed by atoms with van der Waals surface area (Å²) in [5.74, 6) is -1.67. The van der Waals surface area contributed by atoms with Gasteiger partial charge in [0.2, 0.25) is 0 Å². The molecule has 5 heteroatoms. The Balaban J connectivity index is 3.50. The minimum Gasteiger partial charge on any atom is -0.298 e. The summed E-state index contributed by atoms with van der Waals surface area (Å²) >= 11 is 5.31. The van der Waals surface area contributed by atoms with Crippen LogP contribution in [0.1, 0.15) is 26.3 Å². The van der Waals surface area contributed by atoms with Crippen LogP contribution in [0.5, 0.6) is 0 Å². The summed E-state index contributed by atoms with van der Waals surface area (Å²) in [5, 5.41) is 8.62.